The molecule has 1 fully saturated rings. The monoisotopic (exact) mass is 365 g/mol. The van der Waals surface area contributed by atoms with Gasteiger partial charge in [0, 0.05) is 50.7 Å². The van der Waals surface area contributed by atoms with E-state index < -0.39 is 4.92 Å². The lowest BCUT2D eigenvalue weighted by Gasteiger charge is -2.35. The lowest BCUT2D eigenvalue weighted by molar-refractivity contribution is -0.385. The summed E-state index contributed by atoms with van der Waals surface area (Å²) in [6.07, 6.45) is 3.56. The van der Waals surface area contributed by atoms with Gasteiger partial charge in [-0.3, -0.25) is 14.9 Å². The Hall–Kier alpha value is -2.45. The number of piperazine rings is 1. The molecule has 1 aromatic heterocycles. The predicted octanol–water partition coefficient (Wildman–Crippen LogP) is 1.47. The van der Waals surface area contributed by atoms with Crippen molar-refractivity contribution in [3.05, 3.63) is 58.2 Å². The second-order valence-electron chi connectivity index (χ2n) is 5.77. The lowest BCUT2D eigenvalue weighted by atomic mass is 10.1. The number of amides is 1. The third kappa shape index (κ3) is 3.97. The molecule has 2 aromatic rings. The van der Waals surface area contributed by atoms with Gasteiger partial charge in [0.15, 0.2) is 0 Å². The average Bonchev–Trinajstić information content (AvgIpc) is 3.01. The first-order valence-electron chi connectivity index (χ1n) is 7.77. The number of halogens is 1. The molecule has 2 heterocycles. The third-order valence-corrected chi connectivity index (χ3v) is 4.25. The van der Waals surface area contributed by atoms with Gasteiger partial charge in [-0.25, -0.2) is 4.98 Å². The van der Waals surface area contributed by atoms with Gasteiger partial charge >= 0.3 is 0 Å². The number of carbonyl (C=O) groups is 1. The molecule has 1 amide bonds. The minimum absolute atomic E-state index is 0. The number of nitrogens with zero attached hydrogens (tertiary/aromatic N) is 4. The standard InChI is InChI=1S/C16H19N5O3.ClH/c1-19-8-7-18-16(19)14-11-17-6-9-20(14)15(22)10-12-4-2-3-5-13(12)21(23)24;/h2-5,7-8,14,17H,6,9-11H2,1H3;1H. The van der Waals surface area contributed by atoms with Crippen LogP contribution in [0.25, 0.3) is 0 Å². The highest BCUT2D eigenvalue weighted by Gasteiger charge is 2.31. The van der Waals surface area contributed by atoms with E-state index in [0.29, 0.717) is 25.2 Å². The summed E-state index contributed by atoms with van der Waals surface area (Å²) < 4.78 is 1.89. The zero-order valence-electron chi connectivity index (χ0n) is 13.8. The van der Waals surface area contributed by atoms with E-state index in [1.165, 1.54) is 6.07 Å². The number of benzene rings is 1. The van der Waals surface area contributed by atoms with Gasteiger partial charge in [-0.1, -0.05) is 18.2 Å². The average molecular weight is 366 g/mol. The van der Waals surface area contributed by atoms with Crippen LogP contribution in [0.5, 0.6) is 0 Å². The van der Waals surface area contributed by atoms with Crippen LogP contribution in [0.15, 0.2) is 36.7 Å². The fraction of sp³-hybridized carbons (Fsp3) is 0.375. The number of imidazole rings is 1. The number of nitro groups is 1. The minimum atomic E-state index is -0.448. The molecule has 1 saturated heterocycles. The highest BCUT2D eigenvalue weighted by atomic mass is 35.5. The fourth-order valence-electron chi connectivity index (χ4n) is 3.03. The molecule has 1 aromatic carbocycles. The van der Waals surface area contributed by atoms with Crippen LogP contribution < -0.4 is 5.32 Å². The van der Waals surface area contributed by atoms with E-state index in [1.54, 1.807) is 29.3 Å². The van der Waals surface area contributed by atoms with Crippen LogP contribution in [0.4, 0.5) is 5.69 Å². The number of carbonyl (C=O) groups excluding carboxylic acids is 1. The maximum Gasteiger partial charge on any atom is 0.273 e. The summed E-state index contributed by atoms with van der Waals surface area (Å²) in [5.41, 5.74) is 0.416. The number of hydrogen-bond donors (Lipinski definition) is 1. The summed E-state index contributed by atoms with van der Waals surface area (Å²) in [6, 6.07) is 6.20. The van der Waals surface area contributed by atoms with Crippen LogP contribution in [-0.2, 0) is 18.3 Å². The summed E-state index contributed by atoms with van der Waals surface area (Å²) in [5, 5.41) is 14.4. The van der Waals surface area contributed by atoms with Crippen molar-refractivity contribution < 1.29 is 9.72 Å². The number of nitrogens with one attached hydrogen (secondary N) is 1. The molecular formula is C16H20ClN5O3. The predicted molar refractivity (Wildman–Crippen MR) is 94.6 cm³/mol. The van der Waals surface area contributed by atoms with Crippen LogP contribution in [-0.4, -0.2) is 44.9 Å². The van der Waals surface area contributed by atoms with E-state index in [0.717, 1.165) is 5.82 Å². The summed E-state index contributed by atoms with van der Waals surface area (Å²) in [5.74, 6) is 0.678. The zero-order chi connectivity index (χ0) is 17.1. The van der Waals surface area contributed by atoms with Gasteiger partial charge in [-0.15, -0.1) is 12.4 Å². The molecule has 8 nitrogen and oxygen atoms in total. The van der Waals surface area contributed by atoms with E-state index in [9.17, 15) is 14.9 Å². The molecular weight excluding hydrogens is 346 g/mol. The molecule has 0 spiro atoms. The molecule has 1 aliphatic heterocycles. The van der Waals surface area contributed by atoms with Gasteiger partial charge in [-0.05, 0) is 0 Å². The van der Waals surface area contributed by atoms with Crippen molar-refractivity contribution in [2.75, 3.05) is 19.6 Å². The highest BCUT2D eigenvalue weighted by molar-refractivity contribution is 5.85. The van der Waals surface area contributed by atoms with Crippen molar-refractivity contribution in [1.29, 1.82) is 0 Å². The van der Waals surface area contributed by atoms with Crippen LogP contribution in [0.1, 0.15) is 17.4 Å². The fourth-order valence-corrected chi connectivity index (χ4v) is 3.03. The molecule has 1 unspecified atom stereocenters. The van der Waals surface area contributed by atoms with Gasteiger partial charge < -0.3 is 14.8 Å². The molecule has 0 bridgehead atoms. The van der Waals surface area contributed by atoms with Crippen LogP contribution >= 0.6 is 12.4 Å². The number of rotatable bonds is 4. The Bertz CT molecular complexity index is 764. The van der Waals surface area contributed by atoms with Crippen molar-refractivity contribution >= 4 is 24.0 Å². The number of aryl methyl sites for hydroxylation is 1. The molecule has 0 saturated carbocycles. The topological polar surface area (TPSA) is 93.3 Å². The number of nitro benzene ring substituents is 1. The Morgan fingerprint density at radius 2 is 2.20 bits per heavy atom. The summed E-state index contributed by atoms with van der Waals surface area (Å²) in [6.45, 7) is 1.87. The number of hydrogen-bond acceptors (Lipinski definition) is 5. The molecule has 1 atom stereocenters. The van der Waals surface area contributed by atoms with Crippen molar-refractivity contribution in [3.8, 4) is 0 Å². The normalized spacial score (nSPS) is 17.0. The van der Waals surface area contributed by atoms with Gasteiger partial charge in [0.1, 0.15) is 11.9 Å². The van der Waals surface area contributed by atoms with E-state index in [2.05, 4.69) is 10.3 Å². The van der Waals surface area contributed by atoms with Crippen molar-refractivity contribution in [1.82, 2.24) is 19.8 Å². The largest absolute Gasteiger partial charge is 0.336 e. The lowest BCUT2D eigenvalue weighted by Crippen LogP contribution is -2.49. The third-order valence-electron chi connectivity index (χ3n) is 4.25. The van der Waals surface area contributed by atoms with Crippen molar-refractivity contribution in [2.24, 2.45) is 7.05 Å². The molecule has 9 heteroatoms. The van der Waals surface area contributed by atoms with Gasteiger partial charge in [0.2, 0.25) is 5.91 Å². The maximum absolute atomic E-state index is 12.8. The molecule has 0 aliphatic carbocycles. The molecule has 1 N–H and O–H groups in total. The second kappa shape index (κ2) is 8.09. The van der Waals surface area contributed by atoms with E-state index in [-0.39, 0.29) is 36.5 Å². The summed E-state index contributed by atoms with van der Waals surface area (Å²) in [4.78, 5) is 29.6. The summed E-state index contributed by atoms with van der Waals surface area (Å²) >= 11 is 0. The molecule has 134 valence electrons. The molecule has 3 rings (SSSR count). The van der Waals surface area contributed by atoms with Crippen LogP contribution in [0, 0.1) is 10.1 Å². The first kappa shape index (κ1) is 18.9. The van der Waals surface area contributed by atoms with E-state index in [1.807, 2.05) is 17.8 Å². The van der Waals surface area contributed by atoms with Gasteiger partial charge in [-0.2, -0.15) is 0 Å². The summed E-state index contributed by atoms with van der Waals surface area (Å²) in [7, 11) is 1.89. The molecule has 1 aliphatic rings. The Kier molecular flexibility index (Phi) is 6.11. The Labute approximate surface area is 151 Å². The zero-order valence-corrected chi connectivity index (χ0v) is 14.6. The smallest absolute Gasteiger partial charge is 0.273 e. The molecule has 25 heavy (non-hydrogen) atoms. The van der Waals surface area contributed by atoms with E-state index in [4.69, 9.17) is 0 Å². The first-order valence-corrected chi connectivity index (χ1v) is 7.77. The van der Waals surface area contributed by atoms with Crippen LogP contribution in [0.3, 0.4) is 0 Å². The number of aromatic nitrogens is 2. The number of para-hydroxylation sites is 1. The Morgan fingerprint density at radius 3 is 2.88 bits per heavy atom. The van der Waals surface area contributed by atoms with E-state index >= 15 is 0 Å². The van der Waals surface area contributed by atoms with Gasteiger partial charge in [0.05, 0.1) is 11.3 Å². The minimum Gasteiger partial charge on any atom is -0.336 e. The highest BCUT2D eigenvalue weighted by Crippen LogP contribution is 2.24. The van der Waals surface area contributed by atoms with Crippen LogP contribution in [0.2, 0.25) is 0 Å². The van der Waals surface area contributed by atoms with Gasteiger partial charge in [0.25, 0.3) is 5.69 Å². The SMILES string of the molecule is Cl.Cn1ccnc1C1CNCCN1C(=O)Cc1ccccc1[N+](=O)[O-]. The Balaban J connectivity index is 0.00000225. The van der Waals surface area contributed by atoms with Crippen molar-refractivity contribution in [3.63, 3.8) is 0 Å². The maximum atomic E-state index is 12.8. The Morgan fingerprint density at radius 1 is 1.44 bits per heavy atom. The second-order valence-corrected chi connectivity index (χ2v) is 5.77. The quantitative estimate of drug-likeness (QED) is 0.654. The van der Waals surface area contributed by atoms with Crippen molar-refractivity contribution in [2.45, 2.75) is 12.5 Å². The molecule has 0 radical (unpaired) electrons. The first-order chi connectivity index (χ1) is 11.6.